The van der Waals surface area contributed by atoms with E-state index in [4.69, 9.17) is 0 Å². The molecule has 140 valence electrons. The summed E-state index contributed by atoms with van der Waals surface area (Å²) in [6, 6.07) is 11.6. The fourth-order valence-corrected chi connectivity index (χ4v) is 2.77. The van der Waals surface area contributed by atoms with E-state index >= 15 is 0 Å². The van der Waals surface area contributed by atoms with Crippen LogP contribution in [0.4, 0.5) is 20.6 Å². The zero-order chi connectivity index (χ0) is 19.4. The number of rotatable bonds is 5. The highest BCUT2D eigenvalue weighted by Gasteiger charge is 2.30. The highest BCUT2D eigenvalue weighted by atomic mass is 19.1. The molecule has 2 aromatic rings. The third kappa shape index (κ3) is 4.22. The Kier molecular flexibility index (Phi) is 5.35. The second-order valence-corrected chi connectivity index (χ2v) is 5.95. The molecule has 2 aromatic carbocycles. The molecule has 1 saturated heterocycles. The lowest BCUT2D eigenvalue weighted by Gasteiger charge is -2.18. The Bertz CT molecular complexity index is 852. The van der Waals surface area contributed by atoms with Gasteiger partial charge in [-0.05, 0) is 48.5 Å². The zero-order valence-corrected chi connectivity index (χ0v) is 14.6. The highest BCUT2D eigenvalue weighted by Crippen LogP contribution is 2.20. The van der Waals surface area contributed by atoms with Gasteiger partial charge in [-0.3, -0.25) is 9.69 Å². The number of hydrogen-bond donors (Lipinski definition) is 1. The van der Waals surface area contributed by atoms with E-state index < -0.39 is 5.97 Å². The van der Waals surface area contributed by atoms with E-state index in [2.05, 4.69) is 10.1 Å². The maximum absolute atomic E-state index is 13.0. The molecule has 3 rings (SSSR count). The lowest BCUT2D eigenvalue weighted by molar-refractivity contribution is -0.116. The Morgan fingerprint density at radius 1 is 1.07 bits per heavy atom. The van der Waals surface area contributed by atoms with E-state index in [-0.39, 0.29) is 24.3 Å². The van der Waals surface area contributed by atoms with Crippen molar-refractivity contribution in [2.75, 3.05) is 37.0 Å². The molecular weight excluding hydrogens is 353 g/mol. The molecule has 0 unspecified atom stereocenters. The van der Waals surface area contributed by atoms with E-state index in [0.717, 1.165) is 0 Å². The predicted octanol–water partition coefficient (Wildman–Crippen LogP) is 2.49. The minimum absolute atomic E-state index is 0.102. The van der Waals surface area contributed by atoms with E-state index in [0.29, 0.717) is 30.0 Å². The first-order valence-electron chi connectivity index (χ1n) is 8.28. The molecule has 0 aliphatic carbocycles. The molecule has 27 heavy (non-hydrogen) atoms. The lowest BCUT2D eigenvalue weighted by Crippen LogP contribution is -2.37. The van der Waals surface area contributed by atoms with Gasteiger partial charge in [0, 0.05) is 24.5 Å². The number of urea groups is 1. The first kappa shape index (κ1) is 18.4. The maximum atomic E-state index is 13.0. The van der Waals surface area contributed by atoms with Crippen LogP contribution in [0.25, 0.3) is 0 Å². The SMILES string of the molecule is COC(=O)c1ccc(NC(=O)CN2CCN(c3ccc(F)cc3)C2=O)cc1. The second kappa shape index (κ2) is 7.86. The van der Waals surface area contributed by atoms with E-state index in [9.17, 15) is 18.8 Å². The summed E-state index contributed by atoms with van der Waals surface area (Å²) in [7, 11) is 1.29. The predicted molar refractivity (Wildman–Crippen MR) is 97.1 cm³/mol. The lowest BCUT2D eigenvalue weighted by atomic mass is 10.2. The van der Waals surface area contributed by atoms with Crippen LogP contribution in [0.3, 0.4) is 0 Å². The van der Waals surface area contributed by atoms with Crippen LogP contribution >= 0.6 is 0 Å². The molecule has 1 fully saturated rings. The van der Waals surface area contributed by atoms with Gasteiger partial charge >= 0.3 is 12.0 Å². The molecule has 0 aromatic heterocycles. The largest absolute Gasteiger partial charge is 0.465 e. The molecule has 1 aliphatic heterocycles. The molecule has 0 saturated carbocycles. The van der Waals surface area contributed by atoms with Crippen molar-refractivity contribution in [3.63, 3.8) is 0 Å². The molecule has 0 atom stereocenters. The van der Waals surface area contributed by atoms with Crippen molar-refractivity contribution < 1.29 is 23.5 Å². The van der Waals surface area contributed by atoms with Crippen LogP contribution in [0.5, 0.6) is 0 Å². The third-order valence-electron chi connectivity index (χ3n) is 4.16. The van der Waals surface area contributed by atoms with Crippen LogP contribution in [0, 0.1) is 5.82 Å². The quantitative estimate of drug-likeness (QED) is 0.819. The van der Waals surface area contributed by atoms with E-state index in [1.54, 1.807) is 24.3 Å². The number of esters is 1. The minimum atomic E-state index is -0.462. The second-order valence-electron chi connectivity index (χ2n) is 5.95. The number of halogens is 1. The summed E-state index contributed by atoms with van der Waals surface area (Å²) in [5.74, 6) is -1.19. The first-order valence-corrected chi connectivity index (χ1v) is 8.28. The van der Waals surface area contributed by atoms with Gasteiger partial charge in [0.25, 0.3) is 0 Å². The maximum Gasteiger partial charge on any atom is 0.337 e. The van der Waals surface area contributed by atoms with Crippen molar-refractivity contribution in [2.24, 2.45) is 0 Å². The Morgan fingerprint density at radius 3 is 2.37 bits per heavy atom. The molecule has 1 heterocycles. The van der Waals surface area contributed by atoms with Crippen molar-refractivity contribution in [1.82, 2.24) is 4.90 Å². The summed E-state index contributed by atoms with van der Waals surface area (Å²) >= 11 is 0. The van der Waals surface area contributed by atoms with Gasteiger partial charge in [-0.1, -0.05) is 0 Å². The van der Waals surface area contributed by atoms with Crippen molar-refractivity contribution in [3.05, 3.63) is 59.9 Å². The molecule has 0 spiro atoms. The van der Waals surface area contributed by atoms with Gasteiger partial charge in [0.1, 0.15) is 12.4 Å². The number of nitrogens with one attached hydrogen (secondary N) is 1. The van der Waals surface area contributed by atoms with E-state index in [1.165, 1.54) is 41.2 Å². The monoisotopic (exact) mass is 371 g/mol. The van der Waals surface area contributed by atoms with E-state index in [1.807, 2.05) is 0 Å². The smallest absolute Gasteiger partial charge is 0.337 e. The zero-order valence-electron chi connectivity index (χ0n) is 14.6. The summed E-state index contributed by atoms with van der Waals surface area (Å²) in [5.41, 5.74) is 1.47. The van der Waals surface area contributed by atoms with Crippen molar-refractivity contribution in [2.45, 2.75) is 0 Å². The van der Waals surface area contributed by atoms with Crippen molar-refractivity contribution in [3.8, 4) is 0 Å². The van der Waals surface area contributed by atoms with Crippen LogP contribution in [-0.2, 0) is 9.53 Å². The molecule has 0 radical (unpaired) electrons. The van der Waals surface area contributed by atoms with Gasteiger partial charge in [-0.2, -0.15) is 0 Å². The van der Waals surface area contributed by atoms with Gasteiger partial charge in [0.05, 0.1) is 12.7 Å². The summed E-state index contributed by atoms with van der Waals surface area (Å²) < 4.78 is 17.6. The molecule has 0 bridgehead atoms. The fraction of sp³-hybridized carbons (Fsp3) is 0.211. The molecule has 1 aliphatic rings. The van der Waals surface area contributed by atoms with Gasteiger partial charge in [-0.25, -0.2) is 14.0 Å². The third-order valence-corrected chi connectivity index (χ3v) is 4.16. The minimum Gasteiger partial charge on any atom is -0.465 e. The Hall–Kier alpha value is -3.42. The molecule has 7 nitrogen and oxygen atoms in total. The van der Waals surface area contributed by atoms with Crippen molar-refractivity contribution >= 4 is 29.3 Å². The average molecular weight is 371 g/mol. The number of nitrogens with zero attached hydrogens (tertiary/aromatic N) is 2. The molecule has 3 amide bonds. The van der Waals surface area contributed by atoms with Gasteiger partial charge in [-0.15, -0.1) is 0 Å². The molecule has 1 N–H and O–H groups in total. The summed E-state index contributed by atoms with van der Waals surface area (Å²) in [5, 5.41) is 2.68. The van der Waals surface area contributed by atoms with Gasteiger partial charge < -0.3 is 15.0 Å². The molecule has 8 heteroatoms. The van der Waals surface area contributed by atoms with Crippen LogP contribution < -0.4 is 10.2 Å². The number of methoxy groups -OCH3 is 1. The number of carbonyl (C=O) groups excluding carboxylic acids is 3. The van der Waals surface area contributed by atoms with Crippen LogP contribution in [0.15, 0.2) is 48.5 Å². The number of anilines is 2. The number of amides is 3. The van der Waals surface area contributed by atoms with Gasteiger partial charge in [0.15, 0.2) is 0 Å². The Balaban J connectivity index is 1.57. The molecular formula is C19H18FN3O4. The summed E-state index contributed by atoms with van der Waals surface area (Å²) in [6.45, 7) is 0.714. The highest BCUT2D eigenvalue weighted by molar-refractivity contribution is 5.99. The van der Waals surface area contributed by atoms with Crippen LogP contribution in [0.2, 0.25) is 0 Å². The Labute approximate surface area is 155 Å². The topological polar surface area (TPSA) is 79.0 Å². The standard InChI is InChI=1S/C19H18FN3O4/c1-27-18(25)13-2-6-15(7-3-13)21-17(24)12-22-10-11-23(19(22)26)16-8-4-14(20)5-9-16/h2-9H,10-12H2,1H3,(H,21,24). The fourth-order valence-electron chi connectivity index (χ4n) is 2.77. The number of benzene rings is 2. The van der Waals surface area contributed by atoms with Crippen molar-refractivity contribution in [1.29, 1.82) is 0 Å². The number of carbonyl (C=O) groups is 3. The Morgan fingerprint density at radius 2 is 1.74 bits per heavy atom. The number of ether oxygens (including phenoxy) is 1. The van der Waals surface area contributed by atoms with Crippen LogP contribution in [0.1, 0.15) is 10.4 Å². The summed E-state index contributed by atoms with van der Waals surface area (Å²) in [6.07, 6.45) is 0. The van der Waals surface area contributed by atoms with Crippen LogP contribution in [-0.4, -0.2) is 49.6 Å². The first-order chi connectivity index (χ1) is 13.0. The normalized spacial score (nSPS) is 13.6. The number of hydrogen-bond acceptors (Lipinski definition) is 4. The van der Waals surface area contributed by atoms with Gasteiger partial charge in [0.2, 0.25) is 5.91 Å². The summed E-state index contributed by atoms with van der Waals surface area (Å²) in [4.78, 5) is 39.0. The average Bonchev–Trinajstić information content (AvgIpc) is 3.02.